The van der Waals surface area contributed by atoms with E-state index in [2.05, 4.69) is 4.98 Å². The van der Waals surface area contributed by atoms with Gasteiger partial charge in [-0.25, -0.2) is 4.79 Å². The second-order valence-electron chi connectivity index (χ2n) is 6.39. The Balaban J connectivity index is 1.67. The molecule has 0 N–H and O–H groups in total. The molecule has 0 saturated carbocycles. The molecule has 1 aliphatic rings. The molecule has 1 amide bonds. The van der Waals surface area contributed by atoms with E-state index in [4.69, 9.17) is 9.15 Å². The zero-order valence-electron chi connectivity index (χ0n) is 14.6. The fourth-order valence-electron chi connectivity index (χ4n) is 3.36. The summed E-state index contributed by atoms with van der Waals surface area (Å²) in [5, 5.41) is 0.856. The fraction of sp³-hybridized carbons (Fsp3) is 0.250. The van der Waals surface area contributed by atoms with Crippen molar-refractivity contribution in [2.75, 3.05) is 13.7 Å². The summed E-state index contributed by atoms with van der Waals surface area (Å²) in [7, 11) is 1.34. The first-order valence-electron chi connectivity index (χ1n) is 8.41. The zero-order chi connectivity index (χ0) is 18.3. The van der Waals surface area contributed by atoms with E-state index in [1.807, 2.05) is 25.1 Å². The van der Waals surface area contributed by atoms with Crippen molar-refractivity contribution < 1.29 is 18.7 Å². The molecule has 0 unspecified atom stereocenters. The highest BCUT2D eigenvalue weighted by molar-refractivity contribution is 6.03. The van der Waals surface area contributed by atoms with Gasteiger partial charge in [0.15, 0.2) is 0 Å². The van der Waals surface area contributed by atoms with Crippen molar-refractivity contribution in [1.29, 1.82) is 0 Å². The Morgan fingerprint density at radius 1 is 1.35 bits per heavy atom. The van der Waals surface area contributed by atoms with Crippen LogP contribution in [0.25, 0.3) is 11.0 Å². The molecule has 0 spiro atoms. The predicted molar refractivity (Wildman–Crippen MR) is 95.0 cm³/mol. The molecule has 26 heavy (non-hydrogen) atoms. The van der Waals surface area contributed by atoms with E-state index in [0.29, 0.717) is 35.6 Å². The quantitative estimate of drug-likeness (QED) is 0.679. The van der Waals surface area contributed by atoms with Gasteiger partial charge in [0.25, 0.3) is 5.91 Å². The minimum atomic E-state index is -0.440. The van der Waals surface area contributed by atoms with Gasteiger partial charge in [0.05, 0.1) is 19.2 Å². The topological polar surface area (TPSA) is 72.6 Å². The van der Waals surface area contributed by atoms with Crippen LogP contribution in [0.3, 0.4) is 0 Å². The van der Waals surface area contributed by atoms with Gasteiger partial charge in [-0.05, 0) is 42.7 Å². The number of esters is 1. The van der Waals surface area contributed by atoms with Crippen molar-refractivity contribution in [2.24, 2.45) is 0 Å². The van der Waals surface area contributed by atoms with Crippen LogP contribution in [0.15, 0.2) is 41.1 Å². The van der Waals surface area contributed by atoms with Gasteiger partial charge < -0.3 is 14.1 Å². The predicted octanol–water partition coefficient (Wildman–Crippen LogP) is 3.12. The molecule has 1 aliphatic heterocycles. The van der Waals surface area contributed by atoms with Crippen LogP contribution in [-0.2, 0) is 17.7 Å². The number of aromatic nitrogens is 1. The Morgan fingerprint density at radius 3 is 3.00 bits per heavy atom. The number of fused-ring (bicyclic) bond motifs is 2. The van der Waals surface area contributed by atoms with Crippen LogP contribution in [0.5, 0.6) is 0 Å². The second kappa shape index (κ2) is 6.29. The number of ether oxygens (including phenoxy) is 1. The lowest BCUT2D eigenvalue weighted by Gasteiger charge is -2.27. The number of methoxy groups -OCH3 is 1. The smallest absolute Gasteiger partial charge is 0.341 e. The van der Waals surface area contributed by atoms with Crippen molar-refractivity contribution in [2.45, 2.75) is 19.9 Å². The highest BCUT2D eigenvalue weighted by atomic mass is 16.5. The SMILES string of the molecule is COC(=O)c1ccc(C)c2cc(CN3CCc4ccncc4C3=O)oc12. The molecular formula is C20H18N2O4. The van der Waals surface area contributed by atoms with Crippen molar-refractivity contribution in [3.8, 4) is 0 Å². The van der Waals surface area contributed by atoms with Crippen molar-refractivity contribution in [3.63, 3.8) is 0 Å². The molecule has 1 aromatic carbocycles. The number of carbonyl (C=O) groups is 2. The molecule has 3 heterocycles. The number of hydrogen-bond donors (Lipinski definition) is 0. The molecule has 6 heteroatoms. The standard InChI is InChI=1S/C20H18N2O4/c1-12-3-4-15(20(24)25-2)18-16(12)9-14(26-18)11-22-8-6-13-5-7-21-10-17(13)19(22)23/h3-5,7,9-10H,6,8,11H2,1-2H3. The lowest BCUT2D eigenvalue weighted by atomic mass is 10.0. The minimum absolute atomic E-state index is 0.0512. The van der Waals surface area contributed by atoms with Gasteiger partial charge in [0, 0.05) is 24.3 Å². The number of benzene rings is 1. The molecule has 0 radical (unpaired) electrons. The summed E-state index contributed by atoms with van der Waals surface area (Å²) in [5.74, 6) is 0.148. The summed E-state index contributed by atoms with van der Waals surface area (Å²) in [6.07, 6.45) is 4.11. The number of rotatable bonds is 3. The number of aryl methyl sites for hydroxylation is 1. The van der Waals surface area contributed by atoms with E-state index in [9.17, 15) is 9.59 Å². The highest BCUT2D eigenvalue weighted by Crippen LogP contribution is 2.28. The summed E-state index contributed by atoms with van der Waals surface area (Å²) in [6, 6.07) is 7.34. The number of furan rings is 1. The normalized spacial score (nSPS) is 13.8. The van der Waals surface area contributed by atoms with Gasteiger partial charge in [0.1, 0.15) is 16.9 Å². The maximum atomic E-state index is 12.7. The average molecular weight is 350 g/mol. The molecule has 6 nitrogen and oxygen atoms in total. The monoisotopic (exact) mass is 350 g/mol. The van der Waals surface area contributed by atoms with Crippen LogP contribution in [0, 0.1) is 6.92 Å². The van der Waals surface area contributed by atoms with Crippen molar-refractivity contribution in [3.05, 3.63) is 64.7 Å². The molecule has 2 aromatic heterocycles. The Kier molecular flexibility index (Phi) is 3.95. The molecule has 0 saturated heterocycles. The molecule has 0 atom stereocenters. The molecular weight excluding hydrogens is 332 g/mol. The Labute approximate surface area is 150 Å². The third-order valence-corrected chi connectivity index (χ3v) is 4.78. The first kappa shape index (κ1) is 16.3. The van der Waals surface area contributed by atoms with Crippen LogP contribution in [0.4, 0.5) is 0 Å². The summed E-state index contributed by atoms with van der Waals surface area (Å²) in [4.78, 5) is 30.5. The van der Waals surface area contributed by atoms with E-state index >= 15 is 0 Å². The molecule has 4 rings (SSSR count). The number of amides is 1. The zero-order valence-corrected chi connectivity index (χ0v) is 14.6. The summed E-state index contributed by atoms with van der Waals surface area (Å²) in [5.41, 5.74) is 3.55. The minimum Gasteiger partial charge on any atom is -0.465 e. The summed E-state index contributed by atoms with van der Waals surface area (Å²) in [6.45, 7) is 2.92. The van der Waals surface area contributed by atoms with Crippen LogP contribution in [-0.4, -0.2) is 35.4 Å². The van der Waals surface area contributed by atoms with Gasteiger partial charge in [-0.2, -0.15) is 0 Å². The molecule has 0 fully saturated rings. The molecule has 132 valence electrons. The molecule has 0 aliphatic carbocycles. The Bertz CT molecular complexity index is 1020. The van der Waals surface area contributed by atoms with Gasteiger partial charge in [-0.15, -0.1) is 0 Å². The number of nitrogens with zero attached hydrogens (tertiary/aromatic N) is 2. The third-order valence-electron chi connectivity index (χ3n) is 4.78. The first-order chi connectivity index (χ1) is 12.6. The second-order valence-corrected chi connectivity index (χ2v) is 6.39. The van der Waals surface area contributed by atoms with Gasteiger partial charge in [0.2, 0.25) is 0 Å². The van der Waals surface area contributed by atoms with Crippen LogP contribution >= 0.6 is 0 Å². The highest BCUT2D eigenvalue weighted by Gasteiger charge is 2.26. The van der Waals surface area contributed by atoms with Crippen LogP contribution < -0.4 is 0 Å². The molecule has 0 bridgehead atoms. The number of carbonyl (C=O) groups excluding carboxylic acids is 2. The largest absolute Gasteiger partial charge is 0.465 e. The van der Waals surface area contributed by atoms with Gasteiger partial charge in [-0.3, -0.25) is 9.78 Å². The van der Waals surface area contributed by atoms with Crippen LogP contribution in [0.2, 0.25) is 0 Å². The van der Waals surface area contributed by atoms with Gasteiger partial charge in [-0.1, -0.05) is 6.07 Å². The first-order valence-corrected chi connectivity index (χ1v) is 8.41. The van der Waals surface area contributed by atoms with Crippen molar-refractivity contribution in [1.82, 2.24) is 9.88 Å². The number of hydrogen-bond acceptors (Lipinski definition) is 5. The van der Waals surface area contributed by atoms with E-state index in [1.165, 1.54) is 7.11 Å². The van der Waals surface area contributed by atoms with Crippen LogP contribution in [0.1, 0.15) is 37.6 Å². The van der Waals surface area contributed by atoms with Crippen molar-refractivity contribution >= 4 is 22.8 Å². The van der Waals surface area contributed by atoms with Gasteiger partial charge >= 0.3 is 5.97 Å². The maximum Gasteiger partial charge on any atom is 0.341 e. The number of pyridine rings is 1. The summed E-state index contributed by atoms with van der Waals surface area (Å²) < 4.78 is 10.8. The summed E-state index contributed by atoms with van der Waals surface area (Å²) >= 11 is 0. The van der Waals surface area contributed by atoms with E-state index in [-0.39, 0.29) is 5.91 Å². The average Bonchev–Trinajstić information content (AvgIpc) is 3.08. The van der Waals surface area contributed by atoms with E-state index < -0.39 is 5.97 Å². The Morgan fingerprint density at radius 2 is 2.19 bits per heavy atom. The maximum absolute atomic E-state index is 12.7. The van der Waals surface area contributed by atoms with E-state index in [1.54, 1.807) is 23.4 Å². The Hall–Kier alpha value is -3.15. The fourth-order valence-corrected chi connectivity index (χ4v) is 3.36. The van der Waals surface area contributed by atoms with E-state index in [0.717, 1.165) is 22.9 Å². The third kappa shape index (κ3) is 2.63. The molecule has 3 aromatic rings. The lowest BCUT2D eigenvalue weighted by Crippen LogP contribution is -2.37. The lowest BCUT2D eigenvalue weighted by molar-refractivity contribution is 0.0600.